The van der Waals surface area contributed by atoms with Gasteiger partial charge in [-0.25, -0.2) is 4.98 Å². The Morgan fingerprint density at radius 2 is 2.08 bits per heavy atom. The van der Waals surface area contributed by atoms with Crippen LogP contribution in [0.1, 0.15) is 33.5 Å². The summed E-state index contributed by atoms with van der Waals surface area (Å²) in [6, 6.07) is 4.30. The van der Waals surface area contributed by atoms with E-state index in [1.54, 1.807) is 0 Å². The molecule has 26 heavy (non-hydrogen) atoms. The van der Waals surface area contributed by atoms with Gasteiger partial charge in [-0.2, -0.15) is 0 Å². The summed E-state index contributed by atoms with van der Waals surface area (Å²) < 4.78 is 2.23. The summed E-state index contributed by atoms with van der Waals surface area (Å²) in [4.78, 5) is 20.0. The van der Waals surface area contributed by atoms with E-state index in [1.165, 1.54) is 10.4 Å². The predicted octanol–water partition coefficient (Wildman–Crippen LogP) is 2.98. The summed E-state index contributed by atoms with van der Waals surface area (Å²) in [5.74, 6) is 3.68. The van der Waals surface area contributed by atoms with Gasteiger partial charge >= 0.3 is 0 Å². The molecule has 1 aliphatic heterocycles. The Labute approximate surface area is 159 Å². The van der Waals surface area contributed by atoms with Crippen LogP contribution in [0.2, 0.25) is 0 Å². The zero-order valence-corrected chi connectivity index (χ0v) is 16.8. The highest BCUT2D eigenvalue weighted by Gasteiger charge is 2.60. The fourth-order valence-electron chi connectivity index (χ4n) is 4.37. The van der Waals surface area contributed by atoms with E-state index in [-0.39, 0.29) is 17.4 Å². The number of piperidine rings is 1. The first-order chi connectivity index (χ1) is 12.3. The summed E-state index contributed by atoms with van der Waals surface area (Å²) in [5, 5.41) is 0. The van der Waals surface area contributed by atoms with Gasteiger partial charge in [0.25, 0.3) is 0 Å². The van der Waals surface area contributed by atoms with Crippen molar-refractivity contribution >= 4 is 23.2 Å². The third-order valence-electron chi connectivity index (χ3n) is 5.96. The third-order valence-corrected chi connectivity index (χ3v) is 7.45. The molecule has 2 aromatic rings. The summed E-state index contributed by atoms with van der Waals surface area (Å²) in [5.41, 5.74) is 6.51. The quantitative estimate of drug-likeness (QED) is 0.792. The van der Waals surface area contributed by atoms with E-state index < -0.39 is 0 Å². The summed E-state index contributed by atoms with van der Waals surface area (Å²) in [7, 11) is 0. The maximum Gasteiger partial charge on any atom is 0.221 e. The number of hydrogen-bond acceptors (Lipinski definition) is 4. The van der Waals surface area contributed by atoms with Gasteiger partial charge in [0.05, 0.1) is 17.3 Å². The molecule has 0 bridgehead atoms. The number of pyridine rings is 1. The minimum atomic E-state index is -0.177. The van der Waals surface area contributed by atoms with E-state index in [0.717, 1.165) is 24.7 Å². The number of imidazole rings is 1. The van der Waals surface area contributed by atoms with Gasteiger partial charge in [0, 0.05) is 35.9 Å². The molecule has 3 heterocycles. The fraction of sp³-hybridized carbons (Fsp3) is 0.600. The molecule has 2 fully saturated rings. The van der Waals surface area contributed by atoms with Gasteiger partial charge in [0.1, 0.15) is 5.82 Å². The molecule has 2 atom stereocenters. The molecule has 0 spiro atoms. The third kappa shape index (κ3) is 2.83. The van der Waals surface area contributed by atoms with Gasteiger partial charge in [-0.1, -0.05) is 13.8 Å². The molecule has 1 saturated carbocycles. The Morgan fingerprint density at radius 1 is 1.38 bits per heavy atom. The van der Waals surface area contributed by atoms with Crippen LogP contribution >= 0.6 is 11.8 Å². The maximum absolute atomic E-state index is 11.5. The Morgan fingerprint density at radius 3 is 2.69 bits per heavy atom. The molecule has 2 N–H and O–H groups in total. The Bertz CT molecular complexity index is 831. The molecule has 2 aliphatic rings. The van der Waals surface area contributed by atoms with Crippen molar-refractivity contribution in [3.05, 3.63) is 30.4 Å². The number of fused-ring (bicyclic) bond motifs is 2. The molecule has 1 aliphatic carbocycles. The number of rotatable bonds is 6. The maximum atomic E-state index is 11.5. The van der Waals surface area contributed by atoms with Gasteiger partial charge in [-0.15, -0.1) is 11.8 Å². The van der Waals surface area contributed by atoms with Crippen LogP contribution in [0.15, 0.2) is 29.4 Å². The number of thioether (sulfide) groups is 1. The van der Waals surface area contributed by atoms with Crippen LogP contribution in [0.5, 0.6) is 0 Å². The van der Waals surface area contributed by atoms with Crippen molar-refractivity contribution in [1.29, 1.82) is 0 Å². The van der Waals surface area contributed by atoms with Gasteiger partial charge in [0.15, 0.2) is 0 Å². The van der Waals surface area contributed by atoms with Gasteiger partial charge in [-0.3, -0.25) is 9.69 Å². The first-order valence-electron chi connectivity index (χ1n) is 9.44. The number of hydrogen-bond donors (Lipinski definition) is 1. The Hall–Kier alpha value is -1.53. The van der Waals surface area contributed by atoms with Gasteiger partial charge in [-0.05, 0) is 43.7 Å². The molecule has 140 valence electrons. The Kier molecular flexibility index (Phi) is 4.31. The molecule has 2 aromatic heterocycles. The van der Waals surface area contributed by atoms with Crippen molar-refractivity contribution in [2.45, 2.75) is 38.1 Å². The molecule has 0 radical (unpaired) electrons. The summed E-state index contributed by atoms with van der Waals surface area (Å²) in [6.07, 6.45) is 4.12. The Balaban J connectivity index is 1.59. The van der Waals surface area contributed by atoms with Gasteiger partial charge < -0.3 is 10.1 Å². The topological polar surface area (TPSA) is 63.6 Å². The smallest absolute Gasteiger partial charge is 0.221 e. The lowest BCUT2D eigenvalue weighted by molar-refractivity contribution is -0.120. The molecule has 1 amide bonds. The van der Waals surface area contributed by atoms with Crippen LogP contribution in [0.3, 0.4) is 0 Å². The van der Waals surface area contributed by atoms with Crippen molar-refractivity contribution in [3.8, 4) is 0 Å². The van der Waals surface area contributed by atoms with E-state index in [2.05, 4.69) is 55.3 Å². The number of likely N-dealkylation sites (tertiary alicyclic amines) is 1. The molecule has 5 nitrogen and oxygen atoms in total. The number of nitrogens with zero attached hydrogens (tertiary/aromatic N) is 3. The number of primary amides is 1. The largest absolute Gasteiger partial charge is 0.369 e. The molecule has 2 unspecified atom stereocenters. The average Bonchev–Trinajstić information content (AvgIpc) is 2.95. The van der Waals surface area contributed by atoms with E-state index >= 15 is 0 Å². The van der Waals surface area contributed by atoms with E-state index in [9.17, 15) is 4.79 Å². The van der Waals surface area contributed by atoms with Gasteiger partial charge in [0.2, 0.25) is 5.91 Å². The van der Waals surface area contributed by atoms with Crippen molar-refractivity contribution in [1.82, 2.24) is 14.3 Å². The van der Waals surface area contributed by atoms with Crippen LogP contribution in [0, 0.1) is 23.7 Å². The molecule has 0 aromatic carbocycles. The fourth-order valence-corrected chi connectivity index (χ4v) is 5.36. The number of amides is 1. The number of carbonyl (C=O) groups is 1. The monoisotopic (exact) mass is 372 g/mol. The second-order valence-corrected chi connectivity index (χ2v) is 9.70. The standard InChI is InChI=1S/C20H28N4OS/c1-12(2)11-26-16-6-5-7-24-15(16)8-22-19(24)20(3,4)23-9-13-14(10-23)17(13)18(21)25/h5-8,12-14,17H,9-11H2,1-4H3,(H2,21,25). The van der Waals surface area contributed by atoms with E-state index in [0.29, 0.717) is 17.8 Å². The van der Waals surface area contributed by atoms with Crippen LogP contribution in [-0.2, 0) is 10.3 Å². The lowest BCUT2D eigenvalue weighted by Gasteiger charge is -2.36. The normalized spacial score (nSPS) is 25.8. The second kappa shape index (κ2) is 6.27. The van der Waals surface area contributed by atoms with Crippen LogP contribution in [0.4, 0.5) is 0 Å². The van der Waals surface area contributed by atoms with Crippen LogP contribution in [-0.4, -0.2) is 39.0 Å². The van der Waals surface area contributed by atoms with Crippen molar-refractivity contribution in [3.63, 3.8) is 0 Å². The highest BCUT2D eigenvalue weighted by molar-refractivity contribution is 7.99. The minimum Gasteiger partial charge on any atom is -0.369 e. The molecule has 6 heteroatoms. The SMILES string of the molecule is CC(C)CSc1cccn2c(C(C)(C)N3CC4C(C3)C4C(N)=O)ncc12. The zero-order valence-electron chi connectivity index (χ0n) is 16.0. The lowest BCUT2D eigenvalue weighted by Crippen LogP contribution is -2.43. The molecule has 4 rings (SSSR count). The average molecular weight is 373 g/mol. The molecular weight excluding hydrogens is 344 g/mol. The summed E-state index contributed by atoms with van der Waals surface area (Å²) >= 11 is 1.90. The highest BCUT2D eigenvalue weighted by atomic mass is 32.2. The lowest BCUT2D eigenvalue weighted by atomic mass is 10.0. The number of nitrogens with two attached hydrogens (primary N) is 1. The van der Waals surface area contributed by atoms with E-state index in [4.69, 9.17) is 10.7 Å². The highest BCUT2D eigenvalue weighted by Crippen LogP contribution is 2.53. The predicted molar refractivity (Wildman–Crippen MR) is 105 cm³/mol. The van der Waals surface area contributed by atoms with Crippen molar-refractivity contribution in [2.75, 3.05) is 18.8 Å². The minimum absolute atomic E-state index is 0.0955. The number of aromatic nitrogens is 2. The molecule has 1 saturated heterocycles. The van der Waals surface area contributed by atoms with Crippen molar-refractivity contribution in [2.24, 2.45) is 29.4 Å². The first-order valence-corrected chi connectivity index (χ1v) is 10.4. The second-order valence-electron chi connectivity index (χ2n) is 8.63. The van der Waals surface area contributed by atoms with Crippen LogP contribution in [0.25, 0.3) is 5.52 Å². The number of carbonyl (C=O) groups excluding carboxylic acids is 1. The van der Waals surface area contributed by atoms with E-state index in [1.807, 2.05) is 18.0 Å². The summed E-state index contributed by atoms with van der Waals surface area (Å²) in [6.45, 7) is 10.8. The zero-order chi connectivity index (χ0) is 18.6. The van der Waals surface area contributed by atoms with Crippen LogP contribution < -0.4 is 5.73 Å². The van der Waals surface area contributed by atoms with Crippen molar-refractivity contribution < 1.29 is 4.79 Å². The first kappa shape index (κ1) is 17.9. The molecular formula is C20H28N4OS.